The van der Waals surface area contributed by atoms with Crippen LogP contribution in [0.1, 0.15) is 11.1 Å². The summed E-state index contributed by atoms with van der Waals surface area (Å²) >= 11 is 0. The highest BCUT2D eigenvalue weighted by Gasteiger charge is 2.21. The highest BCUT2D eigenvalue weighted by molar-refractivity contribution is 5.79. The lowest BCUT2D eigenvalue weighted by molar-refractivity contribution is 0.0663. The molecular weight excluding hydrogens is 487 g/mol. The van der Waals surface area contributed by atoms with Crippen molar-refractivity contribution in [1.29, 1.82) is 0 Å². The molecule has 3 aromatic carbocycles. The molecule has 0 radical (unpaired) electrons. The largest absolute Gasteiger partial charge is 0.491 e. The van der Waals surface area contributed by atoms with Gasteiger partial charge in [0.15, 0.2) is 0 Å². The van der Waals surface area contributed by atoms with Crippen LogP contribution in [0, 0.1) is 19.7 Å². The van der Waals surface area contributed by atoms with Crippen molar-refractivity contribution in [3.63, 3.8) is 0 Å². The monoisotopic (exact) mass is 518 g/mol. The summed E-state index contributed by atoms with van der Waals surface area (Å²) in [7, 11) is 0. The molecule has 0 spiro atoms. The molecule has 198 valence electrons. The van der Waals surface area contributed by atoms with E-state index < -0.39 is 6.10 Å². The van der Waals surface area contributed by atoms with Gasteiger partial charge in [-0.1, -0.05) is 18.2 Å². The van der Waals surface area contributed by atoms with Gasteiger partial charge in [-0.05, 0) is 61.4 Å². The van der Waals surface area contributed by atoms with Gasteiger partial charge in [-0.3, -0.25) is 9.69 Å². The summed E-state index contributed by atoms with van der Waals surface area (Å²) in [6.45, 7) is 7.30. The molecule has 0 saturated carbocycles. The van der Waals surface area contributed by atoms with Gasteiger partial charge >= 0.3 is 0 Å². The van der Waals surface area contributed by atoms with Crippen LogP contribution in [0.4, 0.5) is 10.1 Å². The number of piperazine rings is 1. The van der Waals surface area contributed by atoms with Crippen LogP contribution in [0.5, 0.6) is 17.2 Å². The van der Waals surface area contributed by atoms with Crippen LogP contribution in [0.3, 0.4) is 0 Å². The van der Waals surface area contributed by atoms with Gasteiger partial charge in [-0.15, -0.1) is 0 Å². The molecule has 0 aliphatic carbocycles. The minimum absolute atomic E-state index is 0.0944. The molecule has 0 amide bonds. The summed E-state index contributed by atoms with van der Waals surface area (Å²) in [6, 6.07) is 17.5. The number of aliphatic hydroxyl groups excluding tert-OH is 1. The molecule has 1 atom stereocenters. The molecule has 8 heteroatoms. The molecule has 2 heterocycles. The summed E-state index contributed by atoms with van der Waals surface area (Å²) in [5, 5.41) is 10.9. The van der Waals surface area contributed by atoms with E-state index in [4.69, 9.17) is 13.9 Å². The minimum Gasteiger partial charge on any atom is -0.491 e. The van der Waals surface area contributed by atoms with E-state index >= 15 is 0 Å². The molecule has 1 aliphatic heterocycles. The Morgan fingerprint density at radius 2 is 1.71 bits per heavy atom. The fourth-order valence-corrected chi connectivity index (χ4v) is 4.79. The highest BCUT2D eigenvalue weighted by Crippen LogP contribution is 2.26. The van der Waals surface area contributed by atoms with E-state index in [0.717, 1.165) is 24.2 Å². The first-order valence-corrected chi connectivity index (χ1v) is 12.7. The Kier molecular flexibility index (Phi) is 7.62. The molecule has 0 unspecified atom stereocenters. The quantitative estimate of drug-likeness (QED) is 0.356. The predicted octanol–water partition coefficient (Wildman–Crippen LogP) is 4.90. The van der Waals surface area contributed by atoms with Gasteiger partial charge in [0.1, 0.15) is 41.9 Å². The summed E-state index contributed by atoms with van der Waals surface area (Å²) < 4.78 is 31.3. The number of fused-ring (bicyclic) bond motifs is 1. The van der Waals surface area contributed by atoms with Crippen LogP contribution >= 0.6 is 0 Å². The number of benzene rings is 3. The maximum atomic E-state index is 14.1. The number of aryl methyl sites for hydroxylation is 2. The van der Waals surface area contributed by atoms with Crippen molar-refractivity contribution in [3.8, 4) is 17.2 Å². The summed E-state index contributed by atoms with van der Waals surface area (Å²) in [4.78, 5) is 17.1. The number of nitrogens with zero attached hydrogens (tertiary/aromatic N) is 2. The van der Waals surface area contributed by atoms with E-state index in [0.29, 0.717) is 47.8 Å². The van der Waals surface area contributed by atoms with E-state index in [1.165, 1.54) is 12.3 Å². The molecule has 7 nitrogen and oxygen atoms in total. The Morgan fingerprint density at radius 1 is 0.974 bits per heavy atom. The Bertz CT molecular complexity index is 1460. The average Bonchev–Trinajstić information content (AvgIpc) is 2.89. The SMILES string of the molecule is Cc1cc(C)cc(Oc2coc3cc(OC[C@@H](O)CN4CCN(c5ccccc5F)CC4)ccc3c2=O)c1. The summed E-state index contributed by atoms with van der Waals surface area (Å²) in [5.41, 5.74) is 2.80. The summed E-state index contributed by atoms with van der Waals surface area (Å²) in [5.74, 6) is 0.969. The molecule has 5 rings (SSSR count). The molecule has 1 aromatic heterocycles. The maximum Gasteiger partial charge on any atom is 0.235 e. The number of para-hydroxylation sites is 1. The number of hydrogen-bond acceptors (Lipinski definition) is 7. The number of aliphatic hydroxyl groups is 1. The summed E-state index contributed by atoms with van der Waals surface area (Å²) in [6.07, 6.45) is 0.605. The van der Waals surface area contributed by atoms with Crippen molar-refractivity contribution in [2.45, 2.75) is 20.0 Å². The first-order valence-electron chi connectivity index (χ1n) is 12.7. The normalized spacial score (nSPS) is 15.0. The smallest absolute Gasteiger partial charge is 0.235 e. The van der Waals surface area contributed by atoms with E-state index in [1.807, 2.05) is 43.0 Å². The fraction of sp³-hybridized carbons (Fsp3) is 0.300. The molecule has 38 heavy (non-hydrogen) atoms. The first kappa shape index (κ1) is 25.8. The van der Waals surface area contributed by atoms with Crippen molar-refractivity contribution in [2.24, 2.45) is 0 Å². The van der Waals surface area contributed by atoms with Crippen LogP contribution < -0.4 is 19.8 Å². The second-order valence-corrected chi connectivity index (χ2v) is 9.72. The first-order chi connectivity index (χ1) is 18.4. The number of β-amino-alcohol motifs (C(OH)–C–C–N with tert-alkyl or cyclic N) is 1. The van der Waals surface area contributed by atoms with Crippen molar-refractivity contribution >= 4 is 16.7 Å². The van der Waals surface area contributed by atoms with Gasteiger partial charge in [-0.2, -0.15) is 0 Å². The lowest BCUT2D eigenvalue weighted by Crippen LogP contribution is -2.49. The van der Waals surface area contributed by atoms with Gasteiger partial charge in [0.2, 0.25) is 11.2 Å². The molecule has 0 bridgehead atoms. The molecule has 1 N–H and O–H groups in total. The number of ether oxygens (including phenoxy) is 2. The Hall–Kier alpha value is -3.88. The number of halogens is 1. The third kappa shape index (κ3) is 5.98. The number of rotatable bonds is 8. The third-order valence-corrected chi connectivity index (χ3v) is 6.61. The van der Waals surface area contributed by atoms with Crippen molar-refractivity contribution in [1.82, 2.24) is 4.90 Å². The van der Waals surface area contributed by atoms with Gasteiger partial charge < -0.3 is 23.9 Å². The standard InChI is InChI=1S/C30H31FN2O5/c1-20-13-21(2)15-24(14-20)38-29-19-37-28-16-23(7-8-25(28)30(29)35)36-18-22(34)17-32-9-11-33(12-10-32)27-6-4-3-5-26(27)31/h3-8,13-16,19,22,34H,9-12,17-18H2,1-2H3/t22-/m0/s1. The molecule has 1 saturated heterocycles. The number of anilines is 1. The van der Waals surface area contributed by atoms with Crippen LogP contribution in [-0.4, -0.2) is 55.4 Å². The van der Waals surface area contributed by atoms with Crippen molar-refractivity contribution < 1.29 is 23.4 Å². The Labute approximate surface area is 220 Å². The average molecular weight is 519 g/mol. The van der Waals surface area contributed by atoms with Crippen molar-refractivity contribution in [3.05, 3.63) is 94.1 Å². The lowest BCUT2D eigenvalue weighted by atomic mass is 10.1. The zero-order chi connectivity index (χ0) is 26.6. The topological polar surface area (TPSA) is 75.4 Å². The van der Waals surface area contributed by atoms with Gasteiger partial charge in [0.25, 0.3) is 0 Å². The van der Waals surface area contributed by atoms with Crippen LogP contribution in [0.2, 0.25) is 0 Å². The van der Waals surface area contributed by atoms with Crippen LogP contribution in [0.25, 0.3) is 11.0 Å². The molecular formula is C30H31FN2O5. The van der Waals surface area contributed by atoms with Crippen LogP contribution in [0.15, 0.2) is 76.1 Å². The van der Waals surface area contributed by atoms with Gasteiger partial charge in [-0.25, -0.2) is 4.39 Å². The third-order valence-electron chi connectivity index (χ3n) is 6.61. The van der Waals surface area contributed by atoms with Crippen molar-refractivity contribution in [2.75, 3.05) is 44.2 Å². The highest BCUT2D eigenvalue weighted by atomic mass is 19.1. The van der Waals surface area contributed by atoms with E-state index in [2.05, 4.69) is 4.90 Å². The van der Waals surface area contributed by atoms with E-state index in [-0.39, 0.29) is 23.6 Å². The van der Waals surface area contributed by atoms with Gasteiger partial charge in [0.05, 0.1) is 11.1 Å². The second kappa shape index (κ2) is 11.2. The van der Waals surface area contributed by atoms with Gasteiger partial charge in [0, 0.05) is 38.8 Å². The molecule has 1 fully saturated rings. The fourth-order valence-electron chi connectivity index (χ4n) is 4.79. The Morgan fingerprint density at radius 3 is 2.45 bits per heavy atom. The number of hydrogen-bond donors (Lipinski definition) is 1. The van der Waals surface area contributed by atoms with Crippen LogP contribution in [-0.2, 0) is 0 Å². The minimum atomic E-state index is -0.703. The predicted molar refractivity (Wildman–Crippen MR) is 145 cm³/mol. The molecule has 1 aliphatic rings. The Balaban J connectivity index is 1.15. The van der Waals surface area contributed by atoms with E-state index in [9.17, 15) is 14.3 Å². The molecule has 4 aromatic rings. The zero-order valence-electron chi connectivity index (χ0n) is 21.5. The second-order valence-electron chi connectivity index (χ2n) is 9.72. The zero-order valence-corrected chi connectivity index (χ0v) is 21.5. The maximum absolute atomic E-state index is 14.1. The van der Waals surface area contributed by atoms with E-state index in [1.54, 1.807) is 30.3 Å². The lowest BCUT2D eigenvalue weighted by Gasteiger charge is -2.36.